The molecule has 1 heterocycles. The van der Waals surface area contributed by atoms with E-state index >= 15 is 0 Å². The Morgan fingerprint density at radius 3 is 2.82 bits per heavy atom. The molecule has 1 aliphatic heterocycles. The molecule has 0 aromatic heterocycles. The molecule has 2 rings (SSSR count). The van der Waals surface area contributed by atoms with Crippen LogP contribution in [0, 0.1) is 0 Å². The normalized spacial score (nSPS) is 25.9. The molecule has 0 saturated heterocycles. The van der Waals surface area contributed by atoms with Gasteiger partial charge < -0.3 is 29.8 Å². The molecule has 10 heteroatoms. The van der Waals surface area contributed by atoms with Crippen LogP contribution in [0.25, 0.3) is 0 Å². The van der Waals surface area contributed by atoms with Crippen LogP contribution in [-0.4, -0.2) is 59.7 Å². The SMILES string of the molecule is CO/N=C/C=C/C(=O)N/C=C/CC1CC(=O)OC(C)/C=C/C(O)/C(C)=C\CC2=C(C(=O)O1)C(O)=CC=CC2. The zero-order valence-corrected chi connectivity index (χ0v) is 21.7. The number of hydrogen-bond donors (Lipinski definition) is 3. The Morgan fingerprint density at radius 2 is 2.05 bits per heavy atom. The Hall–Kier alpha value is -4.18. The van der Waals surface area contributed by atoms with Crippen molar-refractivity contribution >= 4 is 24.1 Å². The molecule has 0 radical (unpaired) electrons. The number of esters is 2. The monoisotopic (exact) mass is 526 g/mol. The van der Waals surface area contributed by atoms with Crippen molar-refractivity contribution in [1.29, 1.82) is 0 Å². The van der Waals surface area contributed by atoms with Crippen molar-refractivity contribution in [2.45, 2.75) is 57.8 Å². The molecular formula is C28H34N2O8. The fourth-order valence-corrected chi connectivity index (χ4v) is 3.49. The number of nitrogens with one attached hydrogen (secondary N) is 1. The van der Waals surface area contributed by atoms with E-state index < -0.39 is 36.2 Å². The first-order valence-electron chi connectivity index (χ1n) is 12.1. The highest BCUT2D eigenvalue weighted by Crippen LogP contribution is 2.26. The zero-order chi connectivity index (χ0) is 27.9. The van der Waals surface area contributed by atoms with E-state index in [4.69, 9.17) is 9.47 Å². The minimum Gasteiger partial charge on any atom is -0.507 e. The van der Waals surface area contributed by atoms with E-state index in [1.165, 1.54) is 43.8 Å². The highest BCUT2D eigenvalue weighted by molar-refractivity contribution is 5.94. The third-order valence-corrected chi connectivity index (χ3v) is 5.50. The first kappa shape index (κ1) is 30.0. The van der Waals surface area contributed by atoms with Gasteiger partial charge in [0, 0.05) is 18.7 Å². The van der Waals surface area contributed by atoms with Gasteiger partial charge in [-0.3, -0.25) is 9.59 Å². The fraction of sp³-hybridized carbons (Fsp3) is 0.357. The Morgan fingerprint density at radius 1 is 1.26 bits per heavy atom. The van der Waals surface area contributed by atoms with Crippen LogP contribution < -0.4 is 5.32 Å². The number of allylic oxidation sites excluding steroid dienone is 6. The van der Waals surface area contributed by atoms with Gasteiger partial charge in [-0.1, -0.05) is 35.5 Å². The van der Waals surface area contributed by atoms with Crippen LogP contribution in [0.5, 0.6) is 0 Å². The summed E-state index contributed by atoms with van der Waals surface area (Å²) in [5.74, 6) is -2.09. The van der Waals surface area contributed by atoms with Crippen molar-refractivity contribution in [2.75, 3.05) is 7.11 Å². The number of cyclic esters (lactones) is 2. The number of aliphatic hydroxyl groups excluding tert-OH is 2. The summed E-state index contributed by atoms with van der Waals surface area (Å²) in [7, 11) is 1.38. The molecule has 3 atom stereocenters. The fourth-order valence-electron chi connectivity index (χ4n) is 3.49. The van der Waals surface area contributed by atoms with Gasteiger partial charge in [0.2, 0.25) is 5.91 Å². The van der Waals surface area contributed by atoms with E-state index in [2.05, 4.69) is 15.3 Å². The molecule has 0 spiro atoms. The van der Waals surface area contributed by atoms with Gasteiger partial charge in [-0.2, -0.15) is 0 Å². The lowest BCUT2D eigenvalue weighted by Gasteiger charge is -2.19. The second-order valence-electron chi connectivity index (χ2n) is 8.51. The molecule has 10 nitrogen and oxygen atoms in total. The number of ether oxygens (including phenoxy) is 2. The molecule has 3 unspecified atom stereocenters. The van der Waals surface area contributed by atoms with Crippen molar-refractivity contribution in [3.63, 3.8) is 0 Å². The summed E-state index contributed by atoms with van der Waals surface area (Å²) in [5, 5.41) is 27.0. The van der Waals surface area contributed by atoms with Crippen LogP contribution in [0.2, 0.25) is 0 Å². The van der Waals surface area contributed by atoms with Gasteiger partial charge in [0.05, 0.1) is 18.7 Å². The number of rotatable bonds is 6. The summed E-state index contributed by atoms with van der Waals surface area (Å²) >= 11 is 0. The second-order valence-corrected chi connectivity index (χ2v) is 8.51. The van der Waals surface area contributed by atoms with Crippen LogP contribution in [0.3, 0.4) is 0 Å². The van der Waals surface area contributed by atoms with E-state index in [0.717, 1.165) is 0 Å². The highest BCUT2D eigenvalue weighted by Gasteiger charge is 2.26. The van der Waals surface area contributed by atoms with Gasteiger partial charge in [0.15, 0.2) is 0 Å². The number of hydrogen-bond acceptors (Lipinski definition) is 9. The first-order chi connectivity index (χ1) is 18.2. The molecule has 0 saturated carbocycles. The molecule has 3 N–H and O–H groups in total. The Balaban J connectivity index is 2.28. The van der Waals surface area contributed by atoms with Crippen molar-refractivity contribution < 1.29 is 38.9 Å². The Labute approximate surface area is 222 Å². The minimum absolute atomic E-state index is 0.00540. The first-order valence-corrected chi connectivity index (χ1v) is 12.1. The quantitative estimate of drug-likeness (QED) is 0.157. The number of oxime groups is 1. The maximum atomic E-state index is 13.2. The molecule has 38 heavy (non-hydrogen) atoms. The van der Waals surface area contributed by atoms with Gasteiger partial charge in [0.1, 0.15) is 30.6 Å². The molecular weight excluding hydrogens is 492 g/mol. The predicted octanol–water partition coefficient (Wildman–Crippen LogP) is 3.39. The molecule has 1 aliphatic carbocycles. The standard InChI is InChI=1S/C28H34N2O8/c1-19-12-14-21-8-4-5-10-24(32)27(21)28(35)38-22(18-26(34)37-20(2)13-15-23(19)31)9-6-16-29-25(33)11-7-17-30-36-3/h4-7,10-13,15-17,20,22-23,31-32H,8-9,14,18H2,1-3H3,(H,29,33)/b11-7+,15-13+,16-6+,19-12-,30-17+. The van der Waals surface area contributed by atoms with Crippen molar-refractivity contribution in [3.05, 3.63) is 83.4 Å². The second kappa shape index (κ2) is 15.8. The number of carbonyl (C=O) groups excluding carboxylic acids is 3. The molecule has 2 aliphatic rings. The third kappa shape index (κ3) is 10.4. The van der Waals surface area contributed by atoms with Crippen LogP contribution in [0.1, 0.15) is 39.5 Å². The van der Waals surface area contributed by atoms with Crippen LogP contribution >= 0.6 is 0 Å². The van der Waals surface area contributed by atoms with Crippen LogP contribution in [0.15, 0.2) is 88.5 Å². The summed E-state index contributed by atoms with van der Waals surface area (Å²) in [6.45, 7) is 3.40. The molecule has 0 aromatic carbocycles. The summed E-state index contributed by atoms with van der Waals surface area (Å²) < 4.78 is 11.0. The average molecular weight is 527 g/mol. The molecule has 0 bridgehead atoms. The number of carbonyl (C=O) groups is 3. The topological polar surface area (TPSA) is 144 Å². The lowest BCUT2D eigenvalue weighted by atomic mass is 9.98. The van der Waals surface area contributed by atoms with Crippen LogP contribution in [-0.2, 0) is 28.7 Å². The van der Waals surface area contributed by atoms with Gasteiger partial charge in [-0.25, -0.2) is 4.79 Å². The molecule has 204 valence electrons. The van der Waals surface area contributed by atoms with Crippen molar-refractivity contribution in [1.82, 2.24) is 5.32 Å². The van der Waals surface area contributed by atoms with Gasteiger partial charge in [-0.15, -0.1) is 0 Å². The average Bonchev–Trinajstić information content (AvgIpc) is 3.06. The van der Waals surface area contributed by atoms with Gasteiger partial charge in [0.25, 0.3) is 0 Å². The maximum Gasteiger partial charge on any atom is 0.342 e. The Bertz CT molecular complexity index is 1110. The number of nitrogens with zero attached hydrogens (tertiary/aromatic N) is 1. The highest BCUT2D eigenvalue weighted by atomic mass is 16.6. The van der Waals surface area contributed by atoms with E-state index in [9.17, 15) is 24.6 Å². The molecule has 1 amide bonds. The van der Waals surface area contributed by atoms with E-state index in [-0.39, 0.29) is 24.2 Å². The zero-order valence-electron chi connectivity index (χ0n) is 21.7. The van der Waals surface area contributed by atoms with E-state index in [1.54, 1.807) is 44.2 Å². The molecule has 0 fully saturated rings. The van der Waals surface area contributed by atoms with Gasteiger partial charge in [-0.05, 0) is 56.1 Å². The summed E-state index contributed by atoms with van der Waals surface area (Å²) in [6.07, 6.45) is 14.6. The van der Waals surface area contributed by atoms with E-state index in [0.29, 0.717) is 24.0 Å². The number of aliphatic hydroxyl groups is 2. The van der Waals surface area contributed by atoms with Gasteiger partial charge >= 0.3 is 11.9 Å². The van der Waals surface area contributed by atoms with E-state index in [1.807, 2.05) is 0 Å². The molecule has 0 aromatic rings. The summed E-state index contributed by atoms with van der Waals surface area (Å²) in [6, 6.07) is 0. The van der Waals surface area contributed by atoms with Crippen molar-refractivity contribution in [2.24, 2.45) is 5.16 Å². The smallest absolute Gasteiger partial charge is 0.342 e. The predicted molar refractivity (Wildman–Crippen MR) is 142 cm³/mol. The maximum absolute atomic E-state index is 13.2. The largest absolute Gasteiger partial charge is 0.507 e. The number of amides is 1. The lowest BCUT2D eigenvalue weighted by Crippen LogP contribution is -2.26. The summed E-state index contributed by atoms with van der Waals surface area (Å²) in [4.78, 5) is 42.1. The Kier molecular flexibility index (Phi) is 12.5. The van der Waals surface area contributed by atoms with Crippen molar-refractivity contribution in [3.8, 4) is 0 Å². The third-order valence-electron chi connectivity index (χ3n) is 5.50. The lowest BCUT2D eigenvalue weighted by molar-refractivity contribution is -0.153. The summed E-state index contributed by atoms with van der Waals surface area (Å²) in [5.41, 5.74) is 1.24. The van der Waals surface area contributed by atoms with Crippen LogP contribution in [0.4, 0.5) is 0 Å². The minimum atomic E-state index is -0.936.